The first-order valence-electron chi connectivity index (χ1n) is 7.80. The van der Waals surface area contributed by atoms with Crippen LogP contribution < -0.4 is 5.73 Å². The molecular formula is C17H20N6O. The quantitative estimate of drug-likeness (QED) is 0.749. The minimum atomic E-state index is 0.151. The summed E-state index contributed by atoms with van der Waals surface area (Å²) >= 11 is 0. The molecular weight excluding hydrogens is 304 g/mol. The Kier molecular flexibility index (Phi) is 4.81. The molecule has 0 radical (unpaired) electrons. The van der Waals surface area contributed by atoms with Gasteiger partial charge in [-0.25, -0.2) is 9.97 Å². The number of hydrogen-bond acceptors (Lipinski definition) is 6. The average molecular weight is 324 g/mol. The van der Waals surface area contributed by atoms with E-state index in [1.807, 2.05) is 29.1 Å². The molecule has 0 fully saturated rings. The molecule has 7 heteroatoms. The Hall–Kier alpha value is -2.80. The highest BCUT2D eigenvalue weighted by molar-refractivity contribution is 5.78. The first-order valence-corrected chi connectivity index (χ1v) is 7.80. The van der Waals surface area contributed by atoms with Gasteiger partial charge in [0.1, 0.15) is 5.69 Å². The molecule has 0 aliphatic rings. The Balaban J connectivity index is 2.13. The fraction of sp³-hybridized carbons (Fsp3) is 0.294. The summed E-state index contributed by atoms with van der Waals surface area (Å²) in [6.07, 6.45) is 8.07. The number of ether oxygens (including phenoxy) is 1. The van der Waals surface area contributed by atoms with Crippen molar-refractivity contribution in [2.75, 3.05) is 19.5 Å². The highest BCUT2D eigenvalue weighted by Gasteiger charge is 2.18. The number of nitrogens with zero attached hydrogens (tertiary/aromatic N) is 5. The molecule has 24 heavy (non-hydrogen) atoms. The molecule has 3 aromatic rings. The van der Waals surface area contributed by atoms with Gasteiger partial charge in [-0.3, -0.25) is 9.67 Å². The molecule has 1 unspecified atom stereocenters. The summed E-state index contributed by atoms with van der Waals surface area (Å²) in [5, 5.41) is 4.77. The average Bonchev–Trinajstić information content (AvgIpc) is 3.05. The molecule has 0 saturated carbocycles. The van der Waals surface area contributed by atoms with E-state index in [-0.39, 0.29) is 12.0 Å². The first kappa shape index (κ1) is 16.1. The van der Waals surface area contributed by atoms with Crippen molar-refractivity contribution in [2.45, 2.75) is 19.4 Å². The van der Waals surface area contributed by atoms with E-state index in [4.69, 9.17) is 15.6 Å². The summed E-state index contributed by atoms with van der Waals surface area (Å²) in [5.74, 6) is 0.237. The van der Waals surface area contributed by atoms with Gasteiger partial charge in [0.15, 0.2) is 0 Å². The van der Waals surface area contributed by atoms with Gasteiger partial charge in [-0.2, -0.15) is 5.10 Å². The van der Waals surface area contributed by atoms with Gasteiger partial charge >= 0.3 is 0 Å². The minimum absolute atomic E-state index is 0.151. The van der Waals surface area contributed by atoms with Crippen LogP contribution in [0.2, 0.25) is 0 Å². The lowest BCUT2D eigenvalue weighted by Gasteiger charge is -2.14. The fourth-order valence-electron chi connectivity index (χ4n) is 2.58. The molecule has 3 heterocycles. The highest BCUT2D eigenvalue weighted by atomic mass is 16.5. The second-order valence-electron chi connectivity index (χ2n) is 5.43. The van der Waals surface area contributed by atoms with Gasteiger partial charge in [0.2, 0.25) is 5.95 Å². The molecule has 7 nitrogen and oxygen atoms in total. The van der Waals surface area contributed by atoms with Crippen LogP contribution in [0.4, 0.5) is 5.95 Å². The molecule has 0 aliphatic heterocycles. The van der Waals surface area contributed by atoms with Crippen molar-refractivity contribution in [1.29, 1.82) is 0 Å². The van der Waals surface area contributed by atoms with Gasteiger partial charge in [-0.1, -0.05) is 6.92 Å². The lowest BCUT2D eigenvalue weighted by Crippen LogP contribution is -2.14. The molecule has 0 aromatic carbocycles. The molecule has 0 aliphatic carbocycles. The number of nitrogen functional groups attached to an aromatic ring is 1. The van der Waals surface area contributed by atoms with E-state index in [1.54, 1.807) is 25.7 Å². The number of methoxy groups -OCH3 is 1. The van der Waals surface area contributed by atoms with Crippen molar-refractivity contribution in [3.8, 4) is 22.5 Å². The molecule has 1 atom stereocenters. The zero-order valence-electron chi connectivity index (χ0n) is 13.8. The lowest BCUT2D eigenvalue weighted by molar-refractivity contribution is 0.147. The second kappa shape index (κ2) is 7.18. The zero-order valence-corrected chi connectivity index (χ0v) is 13.8. The Bertz CT molecular complexity index is 802. The van der Waals surface area contributed by atoms with Crippen molar-refractivity contribution in [1.82, 2.24) is 24.7 Å². The van der Waals surface area contributed by atoms with Crippen LogP contribution in [0.15, 0.2) is 43.0 Å². The summed E-state index contributed by atoms with van der Waals surface area (Å²) in [6, 6.07) is 5.84. The summed E-state index contributed by atoms with van der Waals surface area (Å²) < 4.78 is 7.24. The van der Waals surface area contributed by atoms with E-state index in [0.29, 0.717) is 6.61 Å². The Labute approximate surface area is 140 Å². The summed E-state index contributed by atoms with van der Waals surface area (Å²) in [4.78, 5) is 12.5. The number of pyridine rings is 1. The second-order valence-corrected chi connectivity index (χ2v) is 5.43. The van der Waals surface area contributed by atoms with Crippen molar-refractivity contribution < 1.29 is 4.74 Å². The third kappa shape index (κ3) is 3.26. The van der Waals surface area contributed by atoms with Crippen LogP contribution in [0.3, 0.4) is 0 Å². The number of nitrogens with two attached hydrogens (primary N) is 1. The van der Waals surface area contributed by atoms with E-state index in [0.717, 1.165) is 28.9 Å². The van der Waals surface area contributed by atoms with Gasteiger partial charge in [-0.15, -0.1) is 0 Å². The Morgan fingerprint density at radius 3 is 2.83 bits per heavy atom. The van der Waals surface area contributed by atoms with Crippen molar-refractivity contribution >= 4 is 5.95 Å². The normalized spacial score (nSPS) is 12.2. The number of anilines is 1. The zero-order chi connectivity index (χ0) is 16.9. The Morgan fingerprint density at radius 1 is 1.29 bits per heavy atom. The van der Waals surface area contributed by atoms with Gasteiger partial charge < -0.3 is 10.5 Å². The molecule has 2 N–H and O–H groups in total. The number of hydrogen-bond donors (Lipinski definition) is 1. The van der Waals surface area contributed by atoms with Crippen LogP contribution in [0, 0.1) is 0 Å². The van der Waals surface area contributed by atoms with E-state index in [9.17, 15) is 0 Å². The maximum Gasteiger partial charge on any atom is 0.220 e. The molecule has 0 saturated heterocycles. The monoisotopic (exact) mass is 324 g/mol. The largest absolute Gasteiger partial charge is 0.382 e. The SMILES string of the molecule is CCC(COC)n1cc(-c2ccnc(N)n2)c(-c2cccnc2)n1. The van der Waals surface area contributed by atoms with E-state index < -0.39 is 0 Å². The van der Waals surface area contributed by atoms with Gasteiger partial charge in [-0.05, 0) is 24.6 Å². The smallest absolute Gasteiger partial charge is 0.220 e. The van der Waals surface area contributed by atoms with Crippen molar-refractivity contribution in [2.24, 2.45) is 0 Å². The predicted octanol–water partition coefficient (Wildman–Crippen LogP) is 2.58. The first-order chi connectivity index (χ1) is 11.7. The van der Waals surface area contributed by atoms with Gasteiger partial charge in [0.25, 0.3) is 0 Å². The third-order valence-electron chi connectivity index (χ3n) is 3.82. The van der Waals surface area contributed by atoms with E-state index in [1.165, 1.54) is 0 Å². The van der Waals surface area contributed by atoms with Crippen molar-refractivity contribution in [3.05, 3.63) is 43.0 Å². The molecule has 0 spiro atoms. The standard InChI is InChI=1S/C17H20N6O/c1-3-13(11-24-2)23-10-14(15-6-8-20-17(18)21-15)16(22-23)12-5-4-7-19-9-12/h4-10,13H,3,11H2,1-2H3,(H2,18,20,21). The van der Waals surface area contributed by atoms with Crippen molar-refractivity contribution in [3.63, 3.8) is 0 Å². The van der Waals surface area contributed by atoms with Crippen LogP contribution in [0.5, 0.6) is 0 Å². The highest BCUT2D eigenvalue weighted by Crippen LogP contribution is 2.31. The van der Waals surface area contributed by atoms with E-state index >= 15 is 0 Å². The topological polar surface area (TPSA) is 91.7 Å². The molecule has 0 bridgehead atoms. The maximum atomic E-state index is 5.74. The molecule has 3 aromatic heterocycles. The molecule has 0 amide bonds. The summed E-state index contributed by atoms with van der Waals surface area (Å²) in [6.45, 7) is 2.70. The molecule has 124 valence electrons. The van der Waals surface area contributed by atoms with Crippen LogP contribution in [-0.4, -0.2) is 38.4 Å². The Morgan fingerprint density at radius 2 is 2.17 bits per heavy atom. The summed E-state index contributed by atoms with van der Waals surface area (Å²) in [7, 11) is 1.69. The van der Waals surface area contributed by atoms with Crippen LogP contribution >= 0.6 is 0 Å². The van der Waals surface area contributed by atoms with Gasteiger partial charge in [0, 0.05) is 43.0 Å². The van der Waals surface area contributed by atoms with Crippen LogP contribution in [0.25, 0.3) is 22.5 Å². The van der Waals surface area contributed by atoms with Crippen LogP contribution in [0.1, 0.15) is 19.4 Å². The van der Waals surface area contributed by atoms with E-state index in [2.05, 4.69) is 21.9 Å². The fourth-order valence-corrected chi connectivity index (χ4v) is 2.58. The van der Waals surface area contributed by atoms with Crippen LogP contribution in [-0.2, 0) is 4.74 Å². The third-order valence-corrected chi connectivity index (χ3v) is 3.82. The number of rotatable bonds is 6. The maximum absolute atomic E-state index is 5.74. The molecule has 3 rings (SSSR count). The number of aromatic nitrogens is 5. The summed E-state index contributed by atoms with van der Waals surface area (Å²) in [5.41, 5.74) is 9.12. The minimum Gasteiger partial charge on any atom is -0.382 e. The lowest BCUT2D eigenvalue weighted by atomic mass is 10.1. The van der Waals surface area contributed by atoms with Gasteiger partial charge in [0.05, 0.1) is 18.3 Å². The predicted molar refractivity (Wildman–Crippen MR) is 92.1 cm³/mol.